The predicted octanol–water partition coefficient (Wildman–Crippen LogP) is 1.15. The standard InChI is InChI=1S/C18H24N4O4S/c1-21-12-17(20-13-21)27(24,25)22-8-4-6-15(11-22)18(23)19-10-14-5-3-7-16(9-14)26-2/h3,5,7,9,12-13,15H,4,6,8,10-11H2,1-2H3,(H,19,23)/t15-/m0/s1. The van der Waals surface area contributed by atoms with Crippen LogP contribution >= 0.6 is 0 Å². The Labute approximate surface area is 159 Å². The zero-order chi connectivity index (χ0) is 19.4. The molecule has 0 radical (unpaired) electrons. The van der Waals surface area contributed by atoms with E-state index in [1.807, 2.05) is 24.3 Å². The van der Waals surface area contributed by atoms with E-state index in [9.17, 15) is 13.2 Å². The molecule has 27 heavy (non-hydrogen) atoms. The molecule has 1 aliphatic heterocycles. The van der Waals surface area contributed by atoms with Crippen molar-refractivity contribution in [3.05, 3.63) is 42.4 Å². The van der Waals surface area contributed by atoms with E-state index in [0.29, 0.717) is 25.9 Å². The van der Waals surface area contributed by atoms with Gasteiger partial charge in [-0.2, -0.15) is 4.31 Å². The Bertz CT molecular complexity index is 910. The van der Waals surface area contributed by atoms with Crippen LogP contribution in [0.2, 0.25) is 0 Å². The first-order valence-corrected chi connectivity index (χ1v) is 10.2. The van der Waals surface area contributed by atoms with Crippen molar-refractivity contribution in [1.82, 2.24) is 19.2 Å². The van der Waals surface area contributed by atoms with Gasteiger partial charge in [-0.25, -0.2) is 13.4 Å². The van der Waals surface area contributed by atoms with E-state index in [2.05, 4.69) is 10.3 Å². The quantitative estimate of drug-likeness (QED) is 0.796. The summed E-state index contributed by atoms with van der Waals surface area (Å²) in [6.07, 6.45) is 4.23. The fourth-order valence-electron chi connectivity index (χ4n) is 3.14. The second-order valence-electron chi connectivity index (χ2n) is 6.65. The highest BCUT2D eigenvalue weighted by Crippen LogP contribution is 2.23. The minimum Gasteiger partial charge on any atom is -0.497 e. The number of sulfonamides is 1. The highest BCUT2D eigenvalue weighted by atomic mass is 32.2. The number of rotatable bonds is 6. The van der Waals surface area contributed by atoms with Gasteiger partial charge in [-0.1, -0.05) is 12.1 Å². The Hall–Kier alpha value is -2.39. The van der Waals surface area contributed by atoms with Crippen LogP contribution in [0.1, 0.15) is 18.4 Å². The molecule has 1 N–H and O–H groups in total. The van der Waals surface area contributed by atoms with Crippen LogP contribution in [0.3, 0.4) is 0 Å². The number of amides is 1. The molecule has 9 heteroatoms. The zero-order valence-corrected chi connectivity index (χ0v) is 16.3. The molecule has 1 amide bonds. The number of methoxy groups -OCH3 is 1. The van der Waals surface area contributed by atoms with Crippen LogP contribution in [-0.4, -0.2) is 48.4 Å². The average Bonchev–Trinajstić information content (AvgIpc) is 3.13. The van der Waals surface area contributed by atoms with Crippen molar-refractivity contribution in [2.45, 2.75) is 24.4 Å². The third-order valence-corrected chi connectivity index (χ3v) is 6.39. The Balaban J connectivity index is 1.62. The molecule has 146 valence electrons. The molecule has 1 fully saturated rings. The summed E-state index contributed by atoms with van der Waals surface area (Å²) in [7, 11) is -0.366. The van der Waals surface area contributed by atoms with Gasteiger partial charge in [0, 0.05) is 32.9 Å². The first-order valence-electron chi connectivity index (χ1n) is 8.79. The van der Waals surface area contributed by atoms with Crippen LogP contribution in [0.15, 0.2) is 41.8 Å². The van der Waals surface area contributed by atoms with Gasteiger partial charge in [0.2, 0.25) is 5.91 Å². The van der Waals surface area contributed by atoms with Crippen molar-refractivity contribution in [3.63, 3.8) is 0 Å². The van der Waals surface area contributed by atoms with Crippen LogP contribution < -0.4 is 10.1 Å². The topological polar surface area (TPSA) is 93.5 Å². The summed E-state index contributed by atoms with van der Waals surface area (Å²) in [6.45, 7) is 0.945. The molecule has 0 bridgehead atoms. The van der Waals surface area contributed by atoms with E-state index in [1.54, 1.807) is 18.7 Å². The highest BCUT2D eigenvalue weighted by Gasteiger charge is 2.34. The number of piperidine rings is 1. The molecule has 3 rings (SSSR count). The molecule has 2 aromatic rings. The summed E-state index contributed by atoms with van der Waals surface area (Å²) in [6, 6.07) is 7.47. The molecule has 0 saturated carbocycles. The maximum atomic E-state index is 12.7. The van der Waals surface area contributed by atoms with Crippen molar-refractivity contribution in [3.8, 4) is 5.75 Å². The van der Waals surface area contributed by atoms with Gasteiger partial charge in [-0.15, -0.1) is 0 Å². The monoisotopic (exact) mass is 392 g/mol. The van der Waals surface area contributed by atoms with Gasteiger partial charge in [0.05, 0.1) is 19.4 Å². The maximum Gasteiger partial charge on any atom is 0.262 e. The van der Waals surface area contributed by atoms with Gasteiger partial charge in [-0.3, -0.25) is 4.79 Å². The third-order valence-electron chi connectivity index (χ3n) is 4.64. The predicted molar refractivity (Wildman–Crippen MR) is 99.5 cm³/mol. The number of imidazole rings is 1. The van der Waals surface area contributed by atoms with E-state index < -0.39 is 10.0 Å². The van der Waals surface area contributed by atoms with Gasteiger partial charge in [0.15, 0.2) is 5.03 Å². The number of carbonyl (C=O) groups is 1. The molecule has 1 aliphatic rings. The fraction of sp³-hybridized carbons (Fsp3) is 0.444. The van der Waals surface area contributed by atoms with Crippen molar-refractivity contribution < 1.29 is 17.9 Å². The van der Waals surface area contributed by atoms with Crippen molar-refractivity contribution in [1.29, 1.82) is 0 Å². The SMILES string of the molecule is COc1cccc(CNC(=O)[C@H]2CCCN(S(=O)(=O)c3cn(C)cn3)C2)c1. The van der Waals surface area contributed by atoms with Crippen LogP contribution in [-0.2, 0) is 28.4 Å². The van der Waals surface area contributed by atoms with E-state index in [4.69, 9.17) is 4.74 Å². The van der Waals surface area contributed by atoms with Gasteiger partial charge in [0.1, 0.15) is 5.75 Å². The molecule has 1 aromatic heterocycles. The number of aromatic nitrogens is 2. The number of nitrogens with one attached hydrogen (secondary N) is 1. The van der Waals surface area contributed by atoms with E-state index in [0.717, 1.165) is 11.3 Å². The van der Waals surface area contributed by atoms with Crippen LogP contribution in [0.4, 0.5) is 0 Å². The molecular weight excluding hydrogens is 368 g/mol. The largest absolute Gasteiger partial charge is 0.497 e. The number of nitrogens with zero attached hydrogens (tertiary/aromatic N) is 3. The first kappa shape index (κ1) is 19.4. The third kappa shape index (κ3) is 4.48. The second-order valence-corrected chi connectivity index (χ2v) is 8.53. The summed E-state index contributed by atoms with van der Waals surface area (Å²) in [5.74, 6) is 0.216. The summed E-state index contributed by atoms with van der Waals surface area (Å²) in [5, 5.41) is 2.92. The normalized spacial score (nSPS) is 18.2. The molecular formula is C18H24N4O4S. The van der Waals surface area contributed by atoms with Gasteiger partial charge in [0.25, 0.3) is 10.0 Å². The van der Waals surface area contributed by atoms with Crippen molar-refractivity contribution in [2.24, 2.45) is 13.0 Å². The Morgan fingerprint density at radius 3 is 2.93 bits per heavy atom. The van der Waals surface area contributed by atoms with Crippen molar-refractivity contribution in [2.75, 3.05) is 20.2 Å². The Morgan fingerprint density at radius 2 is 2.22 bits per heavy atom. The second kappa shape index (κ2) is 8.10. The molecule has 0 aliphatic carbocycles. The Morgan fingerprint density at radius 1 is 1.41 bits per heavy atom. The van der Waals surface area contributed by atoms with E-state index in [1.165, 1.54) is 16.8 Å². The number of carbonyl (C=O) groups excluding carboxylic acids is 1. The molecule has 1 saturated heterocycles. The maximum absolute atomic E-state index is 12.7. The van der Waals surface area contributed by atoms with E-state index in [-0.39, 0.29) is 23.4 Å². The fourth-order valence-corrected chi connectivity index (χ4v) is 4.64. The number of benzene rings is 1. The molecule has 8 nitrogen and oxygen atoms in total. The molecule has 1 atom stereocenters. The summed E-state index contributed by atoms with van der Waals surface area (Å²) >= 11 is 0. The lowest BCUT2D eigenvalue weighted by molar-refractivity contribution is -0.126. The summed E-state index contributed by atoms with van der Waals surface area (Å²) < 4.78 is 33.6. The highest BCUT2D eigenvalue weighted by molar-refractivity contribution is 7.89. The summed E-state index contributed by atoms with van der Waals surface area (Å²) in [4.78, 5) is 16.5. The molecule has 2 heterocycles. The number of aryl methyl sites for hydroxylation is 1. The van der Waals surface area contributed by atoms with Gasteiger partial charge < -0.3 is 14.6 Å². The zero-order valence-electron chi connectivity index (χ0n) is 15.5. The minimum absolute atomic E-state index is 0.0161. The van der Waals surface area contributed by atoms with Crippen LogP contribution in [0.5, 0.6) is 5.75 Å². The average molecular weight is 392 g/mol. The lowest BCUT2D eigenvalue weighted by Gasteiger charge is -2.30. The smallest absolute Gasteiger partial charge is 0.262 e. The number of hydrogen-bond donors (Lipinski definition) is 1. The Kier molecular flexibility index (Phi) is 5.81. The number of hydrogen-bond acceptors (Lipinski definition) is 5. The summed E-state index contributed by atoms with van der Waals surface area (Å²) in [5.41, 5.74) is 0.927. The minimum atomic E-state index is -3.68. The molecule has 1 aromatic carbocycles. The van der Waals surface area contributed by atoms with Crippen LogP contribution in [0, 0.1) is 5.92 Å². The van der Waals surface area contributed by atoms with Gasteiger partial charge in [-0.05, 0) is 30.5 Å². The number of ether oxygens (including phenoxy) is 1. The first-order chi connectivity index (χ1) is 12.9. The molecule has 0 spiro atoms. The van der Waals surface area contributed by atoms with Crippen molar-refractivity contribution >= 4 is 15.9 Å². The lowest BCUT2D eigenvalue weighted by Crippen LogP contribution is -2.45. The van der Waals surface area contributed by atoms with Crippen LogP contribution in [0.25, 0.3) is 0 Å². The van der Waals surface area contributed by atoms with E-state index >= 15 is 0 Å². The molecule has 0 unspecified atom stereocenters. The van der Waals surface area contributed by atoms with Gasteiger partial charge >= 0.3 is 0 Å². The lowest BCUT2D eigenvalue weighted by atomic mass is 9.99.